The van der Waals surface area contributed by atoms with Gasteiger partial charge in [0.15, 0.2) is 5.11 Å². The Morgan fingerprint density at radius 1 is 1.08 bits per heavy atom. The molecule has 8 nitrogen and oxygen atoms in total. The summed E-state index contributed by atoms with van der Waals surface area (Å²) in [7, 11) is 3.23. The van der Waals surface area contributed by atoms with Crippen LogP contribution in [0, 0.1) is 0 Å². The Morgan fingerprint density at radius 3 is 2.58 bits per heavy atom. The van der Waals surface area contributed by atoms with Crippen molar-refractivity contribution in [2.24, 2.45) is 0 Å². The molecule has 192 valence electrons. The standard InChI is InChI=1S/C27H34N4O4S/c1-4-35-22-8-9-23-19(16-22)15-20(26(32)28-23)18-31(14-13-30-11-5-6-12-30)27(36)29-24-10-7-21(33-2)17-25(24)34-3/h7-10,15-17H,4-6,11-14,18H2,1-3H3,(H,28,32)(H,29,36). The second-order valence-corrected chi connectivity index (χ2v) is 9.16. The van der Waals surface area contributed by atoms with Gasteiger partial charge in [-0.25, -0.2) is 0 Å². The minimum Gasteiger partial charge on any atom is -0.497 e. The maximum absolute atomic E-state index is 13.0. The Morgan fingerprint density at radius 2 is 1.86 bits per heavy atom. The molecule has 0 saturated carbocycles. The Balaban J connectivity index is 1.59. The summed E-state index contributed by atoms with van der Waals surface area (Å²) in [5.74, 6) is 2.10. The van der Waals surface area contributed by atoms with E-state index in [0.29, 0.717) is 41.9 Å². The van der Waals surface area contributed by atoms with Crippen LogP contribution in [0.5, 0.6) is 17.2 Å². The Bertz CT molecular complexity index is 1260. The molecule has 0 aliphatic carbocycles. The molecular formula is C27H34N4O4S. The van der Waals surface area contributed by atoms with Crippen molar-refractivity contribution in [3.05, 3.63) is 58.4 Å². The molecule has 9 heteroatoms. The Hall–Kier alpha value is -3.30. The topological polar surface area (TPSA) is 79.1 Å². The SMILES string of the molecule is CCOc1ccc2[nH]c(=O)c(CN(CCN3CCCC3)C(=S)Nc3ccc(OC)cc3OC)cc2c1. The first kappa shape index (κ1) is 25.8. The fourth-order valence-corrected chi connectivity index (χ4v) is 4.69. The maximum atomic E-state index is 13.0. The van der Waals surface area contributed by atoms with Gasteiger partial charge in [-0.1, -0.05) is 0 Å². The molecule has 1 saturated heterocycles. The highest BCUT2D eigenvalue weighted by Gasteiger charge is 2.18. The van der Waals surface area contributed by atoms with Crippen LogP contribution in [0.25, 0.3) is 10.9 Å². The van der Waals surface area contributed by atoms with Crippen LogP contribution >= 0.6 is 12.2 Å². The molecule has 3 aromatic rings. The van der Waals surface area contributed by atoms with E-state index in [1.54, 1.807) is 14.2 Å². The number of fused-ring (bicyclic) bond motifs is 1. The second-order valence-electron chi connectivity index (χ2n) is 8.77. The molecule has 4 rings (SSSR count). The van der Waals surface area contributed by atoms with E-state index in [-0.39, 0.29) is 5.56 Å². The summed E-state index contributed by atoms with van der Waals surface area (Å²) in [4.78, 5) is 20.4. The molecule has 0 bridgehead atoms. The van der Waals surface area contributed by atoms with E-state index < -0.39 is 0 Å². The van der Waals surface area contributed by atoms with Gasteiger partial charge in [-0.2, -0.15) is 0 Å². The van der Waals surface area contributed by atoms with E-state index in [0.717, 1.165) is 42.0 Å². The number of nitrogens with zero attached hydrogens (tertiary/aromatic N) is 2. The predicted octanol–water partition coefficient (Wildman–Crippen LogP) is 4.24. The van der Waals surface area contributed by atoms with Gasteiger partial charge in [-0.05, 0) is 81.5 Å². The van der Waals surface area contributed by atoms with Crippen LogP contribution in [-0.2, 0) is 6.54 Å². The summed E-state index contributed by atoms with van der Waals surface area (Å²) in [6.45, 7) is 6.67. The number of methoxy groups -OCH3 is 2. The maximum Gasteiger partial charge on any atom is 0.253 e. The molecule has 1 aliphatic rings. The lowest BCUT2D eigenvalue weighted by molar-refractivity contribution is 0.289. The Labute approximate surface area is 217 Å². The lowest BCUT2D eigenvalue weighted by atomic mass is 10.1. The van der Waals surface area contributed by atoms with Crippen molar-refractivity contribution in [3.63, 3.8) is 0 Å². The third-order valence-corrected chi connectivity index (χ3v) is 6.75. The predicted molar refractivity (Wildman–Crippen MR) is 148 cm³/mol. The minimum absolute atomic E-state index is 0.123. The monoisotopic (exact) mass is 510 g/mol. The number of ether oxygens (including phenoxy) is 3. The number of anilines is 1. The normalized spacial score (nSPS) is 13.5. The number of nitrogens with one attached hydrogen (secondary N) is 2. The zero-order valence-electron chi connectivity index (χ0n) is 21.1. The molecule has 36 heavy (non-hydrogen) atoms. The summed E-state index contributed by atoms with van der Waals surface area (Å²) in [5, 5.41) is 4.77. The number of likely N-dealkylation sites (tertiary alicyclic amines) is 1. The van der Waals surface area contributed by atoms with Crippen molar-refractivity contribution < 1.29 is 14.2 Å². The highest BCUT2D eigenvalue weighted by atomic mass is 32.1. The van der Waals surface area contributed by atoms with Gasteiger partial charge in [-0.3, -0.25) is 4.79 Å². The zero-order valence-corrected chi connectivity index (χ0v) is 22.0. The van der Waals surface area contributed by atoms with Gasteiger partial charge in [0.2, 0.25) is 0 Å². The van der Waals surface area contributed by atoms with Crippen LogP contribution in [-0.4, -0.2) is 66.9 Å². The van der Waals surface area contributed by atoms with Crippen LogP contribution in [0.4, 0.5) is 5.69 Å². The Kier molecular flexibility index (Phi) is 8.66. The molecule has 0 amide bonds. The van der Waals surface area contributed by atoms with Crippen molar-refractivity contribution in [2.75, 3.05) is 52.3 Å². The molecule has 1 fully saturated rings. The molecular weight excluding hydrogens is 476 g/mol. The van der Waals surface area contributed by atoms with Gasteiger partial charge < -0.3 is 34.3 Å². The summed E-state index contributed by atoms with van der Waals surface area (Å²) in [6.07, 6.45) is 2.44. The average molecular weight is 511 g/mol. The zero-order chi connectivity index (χ0) is 25.5. The van der Waals surface area contributed by atoms with Crippen molar-refractivity contribution in [1.82, 2.24) is 14.8 Å². The van der Waals surface area contributed by atoms with E-state index in [2.05, 4.69) is 15.2 Å². The minimum atomic E-state index is -0.123. The average Bonchev–Trinajstić information content (AvgIpc) is 3.41. The third kappa shape index (κ3) is 6.27. The van der Waals surface area contributed by atoms with Crippen LogP contribution in [0.15, 0.2) is 47.3 Å². The lowest BCUT2D eigenvalue weighted by Crippen LogP contribution is -2.40. The van der Waals surface area contributed by atoms with Crippen molar-refractivity contribution in [2.45, 2.75) is 26.3 Å². The number of aromatic amines is 1. The molecule has 2 aromatic carbocycles. The molecule has 2 heterocycles. The second kappa shape index (κ2) is 12.1. The van der Waals surface area contributed by atoms with E-state index in [1.807, 2.05) is 54.3 Å². The van der Waals surface area contributed by atoms with E-state index >= 15 is 0 Å². The van der Waals surface area contributed by atoms with Crippen LogP contribution in [0.2, 0.25) is 0 Å². The molecule has 0 atom stereocenters. The van der Waals surface area contributed by atoms with Gasteiger partial charge in [-0.15, -0.1) is 0 Å². The quantitative estimate of drug-likeness (QED) is 0.392. The van der Waals surface area contributed by atoms with Crippen molar-refractivity contribution in [1.29, 1.82) is 0 Å². The fourth-order valence-electron chi connectivity index (χ4n) is 4.43. The number of aromatic nitrogens is 1. The fraction of sp³-hybridized carbons (Fsp3) is 0.407. The van der Waals surface area contributed by atoms with Gasteiger partial charge >= 0.3 is 0 Å². The molecule has 1 aliphatic heterocycles. The van der Waals surface area contributed by atoms with Crippen molar-refractivity contribution >= 4 is 33.9 Å². The van der Waals surface area contributed by atoms with Gasteiger partial charge in [0.25, 0.3) is 5.56 Å². The molecule has 1 aromatic heterocycles. The van der Waals surface area contributed by atoms with Gasteiger partial charge in [0.05, 0.1) is 33.1 Å². The summed E-state index contributed by atoms with van der Waals surface area (Å²) < 4.78 is 16.5. The van der Waals surface area contributed by atoms with Crippen LogP contribution < -0.4 is 25.1 Å². The smallest absolute Gasteiger partial charge is 0.253 e. The van der Waals surface area contributed by atoms with Gasteiger partial charge in [0.1, 0.15) is 17.2 Å². The lowest BCUT2D eigenvalue weighted by Gasteiger charge is -2.28. The number of pyridine rings is 1. The van der Waals surface area contributed by atoms with Gasteiger partial charge in [0, 0.05) is 35.6 Å². The van der Waals surface area contributed by atoms with E-state index in [4.69, 9.17) is 26.4 Å². The highest BCUT2D eigenvalue weighted by Crippen LogP contribution is 2.29. The third-order valence-electron chi connectivity index (χ3n) is 6.39. The van der Waals surface area contributed by atoms with Crippen LogP contribution in [0.3, 0.4) is 0 Å². The molecule has 0 spiro atoms. The molecule has 2 N–H and O–H groups in total. The number of benzene rings is 2. The van der Waals surface area contributed by atoms with Crippen molar-refractivity contribution in [3.8, 4) is 17.2 Å². The number of thiocarbonyl (C=S) groups is 1. The highest BCUT2D eigenvalue weighted by molar-refractivity contribution is 7.80. The number of hydrogen-bond acceptors (Lipinski definition) is 6. The number of hydrogen-bond donors (Lipinski definition) is 2. The first-order chi connectivity index (χ1) is 17.5. The summed E-state index contributed by atoms with van der Waals surface area (Å²) >= 11 is 5.84. The first-order valence-corrected chi connectivity index (χ1v) is 12.7. The summed E-state index contributed by atoms with van der Waals surface area (Å²) in [6, 6.07) is 13.2. The molecule has 0 unspecified atom stereocenters. The number of rotatable bonds is 10. The largest absolute Gasteiger partial charge is 0.497 e. The van der Waals surface area contributed by atoms with E-state index in [9.17, 15) is 4.79 Å². The first-order valence-electron chi connectivity index (χ1n) is 12.3. The summed E-state index contributed by atoms with van der Waals surface area (Å²) in [5.41, 5.74) is 2.04. The van der Waals surface area contributed by atoms with Crippen LogP contribution in [0.1, 0.15) is 25.3 Å². The number of H-pyrrole nitrogens is 1. The molecule has 0 radical (unpaired) electrons. The van der Waals surface area contributed by atoms with E-state index in [1.165, 1.54) is 12.8 Å².